The fraction of sp³-hybridized carbons (Fsp3) is 0.286. The van der Waals surface area contributed by atoms with E-state index in [1.807, 2.05) is 6.07 Å². The van der Waals surface area contributed by atoms with Gasteiger partial charge in [-0.3, -0.25) is 0 Å². The lowest BCUT2D eigenvalue weighted by atomic mass is 10.5. The number of terminal acetylenes is 1. The van der Waals surface area contributed by atoms with E-state index in [-0.39, 0.29) is 0 Å². The van der Waals surface area contributed by atoms with Crippen molar-refractivity contribution in [3.05, 3.63) is 18.0 Å². The number of hydrogen-bond donors (Lipinski definition) is 0. The van der Waals surface area contributed by atoms with Gasteiger partial charge in [0.2, 0.25) is 0 Å². The van der Waals surface area contributed by atoms with E-state index in [1.54, 1.807) is 18.0 Å². The van der Waals surface area contributed by atoms with Gasteiger partial charge in [0.05, 0.1) is 17.7 Å². The van der Waals surface area contributed by atoms with E-state index in [0.717, 1.165) is 17.3 Å². The van der Waals surface area contributed by atoms with Gasteiger partial charge >= 0.3 is 0 Å². The van der Waals surface area contributed by atoms with Crippen LogP contribution in [0.4, 0.5) is 0 Å². The molecule has 0 radical (unpaired) electrons. The summed E-state index contributed by atoms with van der Waals surface area (Å²) in [4.78, 5) is 0. The monoisotopic (exact) mass is 153 g/mol. The smallest absolute Gasteiger partial charge is 0.146 e. The van der Waals surface area contributed by atoms with Gasteiger partial charge in [-0.15, -0.1) is 18.2 Å². The maximum Gasteiger partial charge on any atom is 0.146 e. The Morgan fingerprint density at radius 2 is 2.70 bits per heavy atom. The maximum atomic E-state index is 5.05. The van der Waals surface area contributed by atoms with Gasteiger partial charge in [-0.2, -0.15) is 0 Å². The SMILES string of the molecule is C#CCSCc1ccno1. The number of thioether (sulfide) groups is 1. The number of rotatable bonds is 3. The molecule has 52 valence electrons. The summed E-state index contributed by atoms with van der Waals surface area (Å²) in [6.07, 6.45) is 6.68. The maximum absolute atomic E-state index is 5.05. The summed E-state index contributed by atoms with van der Waals surface area (Å²) in [5, 5.41) is 3.56. The van der Waals surface area contributed by atoms with Crippen molar-refractivity contribution in [3.8, 4) is 12.3 Å². The van der Waals surface area contributed by atoms with Crippen LogP contribution in [0.25, 0.3) is 0 Å². The second-order valence-corrected chi connectivity index (χ2v) is 2.66. The van der Waals surface area contributed by atoms with Crippen molar-refractivity contribution in [3.63, 3.8) is 0 Å². The fourth-order valence-corrected chi connectivity index (χ4v) is 1.10. The molecule has 0 unspecified atom stereocenters. The molecule has 0 aromatic carbocycles. The van der Waals surface area contributed by atoms with E-state index in [1.165, 1.54) is 0 Å². The van der Waals surface area contributed by atoms with Gasteiger partial charge in [0.25, 0.3) is 0 Å². The fourth-order valence-electron chi connectivity index (χ4n) is 0.527. The van der Waals surface area contributed by atoms with Gasteiger partial charge in [0.15, 0.2) is 0 Å². The summed E-state index contributed by atoms with van der Waals surface area (Å²) in [5.74, 6) is 4.94. The van der Waals surface area contributed by atoms with Crippen LogP contribution in [0.3, 0.4) is 0 Å². The van der Waals surface area contributed by atoms with Crippen LogP contribution in [0.15, 0.2) is 16.8 Å². The van der Waals surface area contributed by atoms with Crippen LogP contribution in [0.2, 0.25) is 0 Å². The minimum atomic E-state index is 0.723. The van der Waals surface area contributed by atoms with E-state index in [0.29, 0.717) is 0 Å². The van der Waals surface area contributed by atoms with Gasteiger partial charge in [0.1, 0.15) is 5.76 Å². The molecule has 0 bridgehead atoms. The number of aromatic nitrogens is 1. The van der Waals surface area contributed by atoms with Crippen LogP contribution in [-0.4, -0.2) is 10.9 Å². The van der Waals surface area contributed by atoms with Crippen molar-refractivity contribution in [2.24, 2.45) is 0 Å². The quantitative estimate of drug-likeness (QED) is 0.486. The molecule has 10 heavy (non-hydrogen) atoms. The second kappa shape index (κ2) is 4.02. The summed E-state index contributed by atoms with van der Waals surface area (Å²) in [7, 11) is 0. The Morgan fingerprint density at radius 1 is 1.80 bits per heavy atom. The molecule has 0 fully saturated rings. The molecule has 1 aromatic rings. The average Bonchev–Trinajstić information content (AvgIpc) is 2.41. The summed E-state index contributed by atoms with van der Waals surface area (Å²) in [5.41, 5.74) is 0. The molecule has 0 amide bonds. The van der Waals surface area contributed by atoms with E-state index in [2.05, 4.69) is 11.1 Å². The van der Waals surface area contributed by atoms with E-state index in [4.69, 9.17) is 10.9 Å². The molecule has 0 spiro atoms. The number of nitrogens with zero attached hydrogens (tertiary/aromatic N) is 1. The molecule has 0 saturated heterocycles. The van der Waals surface area contributed by atoms with Gasteiger partial charge in [0, 0.05) is 6.07 Å². The molecule has 0 aliphatic heterocycles. The highest BCUT2D eigenvalue weighted by Crippen LogP contribution is 2.09. The third kappa shape index (κ3) is 2.16. The van der Waals surface area contributed by atoms with Crippen LogP contribution >= 0.6 is 11.8 Å². The molecule has 0 aliphatic carbocycles. The van der Waals surface area contributed by atoms with Crippen LogP contribution < -0.4 is 0 Å². The Hall–Kier alpha value is -0.880. The molecule has 3 heteroatoms. The Kier molecular flexibility index (Phi) is 2.91. The highest BCUT2D eigenvalue weighted by atomic mass is 32.2. The van der Waals surface area contributed by atoms with Gasteiger partial charge < -0.3 is 4.52 Å². The van der Waals surface area contributed by atoms with Crippen LogP contribution in [0.1, 0.15) is 5.76 Å². The summed E-state index contributed by atoms with van der Waals surface area (Å²) < 4.78 is 4.84. The van der Waals surface area contributed by atoms with Crippen molar-refractivity contribution in [2.45, 2.75) is 5.75 Å². The van der Waals surface area contributed by atoms with E-state index < -0.39 is 0 Å². The van der Waals surface area contributed by atoms with Gasteiger partial charge in [-0.05, 0) is 0 Å². The highest BCUT2D eigenvalue weighted by Gasteiger charge is 1.94. The predicted molar refractivity (Wildman–Crippen MR) is 41.5 cm³/mol. The van der Waals surface area contributed by atoms with E-state index >= 15 is 0 Å². The zero-order valence-corrected chi connectivity index (χ0v) is 6.23. The third-order valence-corrected chi connectivity index (χ3v) is 1.78. The lowest BCUT2D eigenvalue weighted by Gasteiger charge is -1.88. The summed E-state index contributed by atoms with van der Waals surface area (Å²) >= 11 is 1.64. The molecule has 2 nitrogen and oxygen atoms in total. The minimum Gasteiger partial charge on any atom is -0.361 e. The second-order valence-electron chi connectivity index (χ2n) is 1.68. The first-order chi connectivity index (χ1) is 4.93. The van der Waals surface area contributed by atoms with Crippen molar-refractivity contribution >= 4 is 11.8 Å². The third-order valence-electron chi connectivity index (χ3n) is 0.921. The molecular formula is C7H7NOS. The standard InChI is InChI=1S/C7H7NOS/c1-2-5-10-6-7-3-4-8-9-7/h1,3-4H,5-6H2. The molecule has 1 aromatic heterocycles. The average molecular weight is 153 g/mol. The number of hydrogen-bond acceptors (Lipinski definition) is 3. The zero-order valence-electron chi connectivity index (χ0n) is 5.41. The molecule has 0 atom stereocenters. The van der Waals surface area contributed by atoms with Crippen molar-refractivity contribution in [2.75, 3.05) is 5.75 Å². The Bertz CT molecular complexity index is 212. The van der Waals surface area contributed by atoms with Crippen molar-refractivity contribution in [1.82, 2.24) is 5.16 Å². The lowest BCUT2D eigenvalue weighted by Crippen LogP contribution is -1.75. The van der Waals surface area contributed by atoms with Crippen LogP contribution in [0, 0.1) is 12.3 Å². The topological polar surface area (TPSA) is 26.0 Å². The molecule has 1 heterocycles. The largest absolute Gasteiger partial charge is 0.361 e. The first-order valence-corrected chi connectivity index (χ1v) is 3.99. The van der Waals surface area contributed by atoms with E-state index in [9.17, 15) is 0 Å². The van der Waals surface area contributed by atoms with Crippen LogP contribution in [0.5, 0.6) is 0 Å². The molecule has 1 rings (SSSR count). The summed E-state index contributed by atoms with van der Waals surface area (Å²) in [6, 6.07) is 1.84. The molecular weight excluding hydrogens is 146 g/mol. The van der Waals surface area contributed by atoms with Crippen LogP contribution in [-0.2, 0) is 5.75 Å². The first-order valence-electron chi connectivity index (χ1n) is 2.84. The predicted octanol–water partition coefficient (Wildman–Crippen LogP) is 1.54. The van der Waals surface area contributed by atoms with Gasteiger partial charge in [-0.25, -0.2) is 0 Å². The summed E-state index contributed by atoms with van der Waals surface area (Å²) in [6.45, 7) is 0. The zero-order chi connectivity index (χ0) is 7.23. The van der Waals surface area contributed by atoms with Gasteiger partial charge in [-0.1, -0.05) is 11.1 Å². The highest BCUT2D eigenvalue weighted by molar-refractivity contribution is 7.98. The lowest BCUT2D eigenvalue weighted by molar-refractivity contribution is 0.395. The van der Waals surface area contributed by atoms with Crippen molar-refractivity contribution in [1.29, 1.82) is 0 Å². The Morgan fingerprint density at radius 3 is 3.30 bits per heavy atom. The first kappa shape index (κ1) is 7.23. The molecule has 0 saturated carbocycles. The van der Waals surface area contributed by atoms with Crippen molar-refractivity contribution < 1.29 is 4.52 Å². The Labute approximate surface area is 64.0 Å². The molecule has 0 N–H and O–H groups in total. The molecule has 0 aliphatic rings. The minimum absolute atomic E-state index is 0.723. The Balaban J connectivity index is 2.23. The normalized spacial score (nSPS) is 9.10.